The number of hydrogen-bond acceptors (Lipinski definition) is 2. The topological polar surface area (TPSA) is 37.4 Å². The molecule has 1 heterocycles. The normalized spacial score (nSPS) is 33.3. The van der Waals surface area contributed by atoms with Crippen LogP contribution in [0.15, 0.2) is 0 Å². The van der Waals surface area contributed by atoms with Crippen LogP contribution in [0.25, 0.3) is 0 Å². The van der Waals surface area contributed by atoms with Gasteiger partial charge in [0.25, 0.3) is 5.91 Å². The minimum atomic E-state index is -0.228. The monoisotopic (exact) mass is 209 g/mol. The molecule has 2 aliphatic rings. The van der Waals surface area contributed by atoms with Crippen LogP contribution in [-0.2, 0) is 9.59 Å². The second-order valence-corrected chi connectivity index (χ2v) is 4.85. The lowest BCUT2D eigenvalue weighted by Gasteiger charge is -2.30. The molecule has 2 unspecified atom stereocenters. The Morgan fingerprint density at radius 1 is 1.13 bits per heavy atom. The van der Waals surface area contributed by atoms with E-state index in [1.54, 1.807) is 0 Å². The highest BCUT2D eigenvalue weighted by Crippen LogP contribution is 2.29. The first-order chi connectivity index (χ1) is 7.20. The summed E-state index contributed by atoms with van der Waals surface area (Å²) in [4.78, 5) is 24.7. The molecule has 0 radical (unpaired) electrons. The quantitative estimate of drug-likeness (QED) is 0.487. The molecular weight excluding hydrogens is 190 g/mol. The van der Waals surface area contributed by atoms with Crippen LogP contribution in [0.3, 0.4) is 0 Å². The third-order valence-corrected chi connectivity index (χ3v) is 3.80. The van der Waals surface area contributed by atoms with Gasteiger partial charge in [0.05, 0.1) is 0 Å². The van der Waals surface area contributed by atoms with E-state index in [0.29, 0.717) is 24.9 Å². The van der Waals surface area contributed by atoms with E-state index >= 15 is 0 Å². The van der Waals surface area contributed by atoms with Gasteiger partial charge in [0, 0.05) is 19.0 Å². The molecule has 2 rings (SSSR count). The highest BCUT2D eigenvalue weighted by molar-refractivity contribution is 6.37. The summed E-state index contributed by atoms with van der Waals surface area (Å²) in [6, 6.07) is 0.325. The molecule has 1 amide bonds. The Bertz CT molecular complexity index is 275. The molecule has 0 aromatic heterocycles. The molecule has 15 heavy (non-hydrogen) atoms. The van der Waals surface area contributed by atoms with Crippen molar-refractivity contribution in [1.29, 1.82) is 0 Å². The molecule has 1 saturated carbocycles. The van der Waals surface area contributed by atoms with Crippen molar-refractivity contribution in [3.05, 3.63) is 0 Å². The number of hydrogen-bond donors (Lipinski definition) is 0. The molecule has 0 bridgehead atoms. The van der Waals surface area contributed by atoms with Crippen molar-refractivity contribution in [3.63, 3.8) is 0 Å². The summed E-state index contributed by atoms with van der Waals surface area (Å²) >= 11 is 0. The molecule has 0 spiro atoms. The van der Waals surface area contributed by atoms with Gasteiger partial charge in [-0.3, -0.25) is 9.59 Å². The summed E-state index contributed by atoms with van der Waals surface area (Å²) < 4.78 is 0. The highest BCUT2D eigenvalue weighted by Gasteiger charge is 2.36. The molecule has 0 N–H and O–H groups in total. The Morgan fingerprint density at radius 3 is 2.53 bits per heavy atom. The molecule has 84 valence electrons. The number of ketones is 1. The van der Waals surface area contributed by atoms with Gasteiger partial charge in [-0.15, -0.1) is 0 Å². The van der Waals surface area contributed by atoms with E-state index in [9.17, 15) is 9.59 Å². The van der Waals surface area contributed by atoms with Crippen molar-refractivity contribution in [2.45, 2.75) is 51.5 Å². The van der Waals surface area contributed by atoms with Crippen LogP contribution in [0, 0.1) is 5.92 Å². The lowest BCUT2D eigenvalue weighted by Crippen LogP contribution is -2.41. The van der Waals surface area contributed by atoms with Crippen molar-refractivity contribution in [2.75, 3.05) is 6.54 Å². The molecule has 1 aliphatic heterocycles. The van der Waals surface area contributed by atoms with Gasteiger partial charge >= 0.3 is 0 Å². The molecule has 2 fully saturated rings. The fourth-order valence-corrected chi connectivity index (χ4v) is 2.84. The SMILES string of the molecule is CC1CCCCCC1N1CCC(=O)C1=O. The summed E-state index contributed by atoms with van der Waals surface area (Å²) in [5.41, 5.74) is 0. The minimum absolute atomic E-state index is 0.188. The molecular formula is C12H19NO2. The van der Waals surface area contributed by atoms with Crippen LogP contribution in [0.1, 0.15) is 45.4 Å². The molecule has 3 heteroatoms. The van der Waals surface area contributed by atoms with Gasteiger partial charge in [-0.1, -0.05) is 26.2 Å². The Kier molecular flexibility index (Phi) is 3.08. The number of carbonyl (C=O) groups is 2. The molecule has 3 nitrogen and oxygen atoms in total. The second-order valence-electron chi connectivity index (χ2n) is 4.85. The van der Waals surface area contributed by atoms with Gasteiger partial charge in [-0.2, -0.15) is 0 Å². The fourth-order valence-electron chi connectivity index (χ4n) is 2.84. The predicted octanol–water partition coefficient (Wildman–Crippen LogP) is 1.76. The van der Waals surface area contributed by atoms with Crippen molar-refractivity contribution < 1.29 is 9.59 Å². The van der Waals surface area contributed by atoms with Crippen molar-refractivity contribution in [2.24, 2.45) is 5.92 Å². The Morgan fingerprint density at radius 2 is 1.87 bits per heavy atom. The number of nitrogens with zero attached hydrogens (tertiary/aromatic N) is 1. The van der Waals surface area contributed by atoms with Crippen LogP contribution in [0.2, 0.25) is 0 Å². The van der Waals surface area contributed by atoms with E-state index in [1.807, 2.05) is 4.90 Å². The molecule has 1 aliphatic carbocycles. The summed E-state index contributed by atoms with van der Waals surface area (Å²) in [5.74, 6) is 0.141. The first-order valence-corrected chi connectivity index (χ1v) is 6.04. The third-order valence-electron chi connectivity index (χ3n) is 3.80. The number of rotatable bonds is 1. The first-order valence-electron chi connectivity index (χ1n) is 6.04. The zero-order valence-corrected chi connectivity index (χ0v) is 9.37. The van der Waals surface area contributed by atoms with Crippen molar-refractivity contribution >= 4 is 11.7 Å². The van der Waals surface area contributed by atoms with Crippen LogP contribution in [0.4, 0.5) is 0 Å². The van der Waals surface area contributed by atoms with E-state index in [1.165, 1.54) is 25.7 Å². The summed E-state index contributed by atoms with van der Waals surface area (Å²) in [6.45, 7) is 2.87. The molecule has 0 aromatic rings. The maximum absolute atomic E-state index is 11.6. The van der Waals surface area contributed by atoms with Crippen molar-refractivity contribution in [3.8, 4) is 0 Å². The zero-order valence-electron chi connectivity index (χ0n) is 9.37. The zero-order chi connectivity index (χ0) is 10.8. The van der Waals surface area contributed by atoms with E-state index in [0.717, 1.165) is 6.42 Å². The number of amides is 1. The fraction of sp³-hybridized carbons (Fsp3) is 0.833. The number of carbonyl (C=O) groups excluding carboxylic acids is 2. The lowest BCUT2D eigenvalue weighted by atomic mass is 9.96. The Hall–Kier alpha value is -0.860. The standard InChI is InChI=1S/C12H19NO2/c1-9-5-3-2-4-6-10(9)13-8-7-11(14)12(13)15/h9-10H,2-8H2,1H3. The third kappa shape index (κ3) is 2.06. The van der Waals surface area contributed by atoms with Gasteiger partial charge in [0.15, 0.2) is 0 Å². The van der Waals surface area contributed by atoms with E-state index in [-0.39, 0.29) is 11.7 Å². The van der Waals surface area contributed by atoms with Crippen molar-refractivity contribution in [1.82, 2.24) is 4.90 Å². The number of likely N-dealkylation sites (tertiary alicyclic amines) is 1. The van der Waals surface area contributed by atoms with Gasteiger partial charge in [-0.05, 0) is 18.8 Å². The van der Waals surface area contributed by atoms with Crippen LogP contribution in [0.5, 0.6) is 0 Å². The largest absolute Gasteiger partial charge is 0.332 e. The Balaban J connectivity index is 2.07. The summed E-state index contributed by atoms with van der Waals surface area (Å²) in [6.07, 6.45) is 6.46. The summed E-state index contributed by atoms with van der Waals surface area (Å²) in [7, 11) is 0. The lowest BCUT2D eigenvalue weighted by molar-refractivity contribution is -0.141. The van der Waals surface area contributed by atoms with E-state index in [2.05, 4.69) is 6.92 Å². The average molecular weight is 209 g/mol. The van der Waals surface area contributed by atoms with Gasteiger partial charge < -0.3 is 4.90 Å². The smallest absolute Gasteiger partial charge is 0.290 e. The molecule has 2 atom stereocenters. The molecule has 1 saturated heterocycles. The van der Waals surface area contributed by atoms with Gasteiger partial charge in [0.1, 0.15) is 0 Å². The van der Waals surface area contributed by atoms with Crippen LogP contribution >= 0.6 is 0 Å². The Labute approximate surface area is 90.8 Å². The second kappa shape index (κ2) is 4.33. The predicted molar refractivity (Wildman–Crippen MR) is 57.4 cm³/mol. The first kappa shape index (κ1) is 10.7. The maximum atomic E-state index is 11.6. The van der Waals surface area contributed by atoms with Crippen LogP contribution < -0.4 is 0 Å². The minimum Gasteiger partial charge on any atom is -0.332 e. The highest BCUT2D eigenvalue weighted by atomic mass is 16.2. The summed E-state index contributed by atoms with van der Waals surface area (Å²) in [5, 5.41) is 0. The maximum Gasteiger partial charge on any atom is 0.290 e. The number of Topliss-reactive ketones (excluding diaryl/α,β-unsaturated/α-hetero) is 1. The molecule has 0 aromatic carbocycles. The average Bonchev–Trinajstić information content (AvgIpc) is 2.43. The van der Waals surface area contributed by atoms with E-state index in [4.69, 9.17) is 0 Å². The van der Waals surface area contributed by atoms with E-state index < -0.39 is 0 Å². The van der Waals surface area contributed by atoms with Gasteiger partial charge in [-0.25, -0.2) is 0 Å². The van der Waals surface area contributed by atoms with Crippen LogP contribution in [-0.4, -0.2) is 29.2 Å². The van der Waals surface area contributed by atoms with Gasteiger partial charge in [0.2, 0.25) is 5.78 Å².